The van der Waals surface area contributed by atoms with Crippen molar-refractivity contribution < 1.29 is 23.5 Å². The molecule has 1 aliphatic heterocycles. The van der Waals surface area contributed by atoms with E-state index in [2.05, 4.69) is 5.32 Å². The lowest BCUT2D eigenvalue weighted by Crippen LogP contribution is -2.32. The number of nitrogens with zero attached hydrogens (tertiary/aromatic N) is 1. The van der Waals surface area contributed by atoms with Gasteiger partial charge in [0.15, 0.2) is 0 Å². The maximum atomic E-state index is 13.5. The van der Waals surface area contributed by atoms with Crippen LogP contribution in [0.15, 0.2) is 72.4 Å². The summed E-state index contributed by atoms with van der Waals surface area (Å²) < 4.78 is 24.1. The lowest BCUT2D eigenvalue weighted by Gasteiger charge is -2.16. The number of amides is 2. The van der Waals surface area contributed by atoms with E-state index in [1.165, 1.54) is 44.6 Å². The van der Waals surface area contributed by atoms with Gasteiger partial charge in [-0.05, 0) is 48.0 Å². The standard InChI is InChI=1S/C24H18ClFN2O4/c1-31-18-10-11-19(20(13-18)32-2)27-22-21(14-6-8-16(26)9-7-14)23(29)28(24(22)30)17-5-3-4-15(25)12-17/h3-13,27H,1-2H3. The molecular formula is C24H18ClFN2O4. The summed E-state index contributed by atoms with van der Waals surface area (Å²) in [5.74, 6) is -0.608. The molecule has 0 aromatic heterocycles. The van der Waals surface area contributed by atoms with Crippen LogP contribution in [0.4, 0.5) is 15.8 Å². The van der Waals surface area contributed by atoms with Gasteiger partial charge in [-0.3, -0.25) is 9.59 Å². The molecule has 0 radical (unpaired) electrons. The average molecular weight is 453 g/mol. The Hall–Kier alpha value is -3.84. The first-order valence-electron chi connectivity index (χ1n) is 9.56. The van der Waals surface area contributed by atoms with Crippen molar-refractivity contribution in [1.82, 2.24) is 0 Å². The zero-order chi connectivity index (χ0) is 22.8. The Morgan fingerprint density at radius 2 is 1.66 bits per heavy atom. The van der Waals surface area contributed by atoms with Crippen LogP contribution in [0.1, 0.15) is 5.56 Å². The minimum atomic E-state index is -0.575. The molecule has 32 heavy (non-hydrogen) atoms. The van der Waals surface area contributed by atoms with Gasteiger partial charge in [-0.1, -0.05) is 29.8 Å². The summed E-state index contributed by atoms with van der Waals surface area (Å²) in [6, 6.07) is 16.8. The first-order chi connectivity index (χ1) is 15.4. The molecule has 3 aromatic carbocycles. The molecule has 0 atom stereocenters. The van der Waals surface area contributed by atoms with Crippen LogP contribution in [0, 0.1) is 5.82 Å². The molecule has 0 saturated carbocycles. The fourth-order valence-corrected chi connectivity index (χ4v) is 3.60. The number of hydrogen-bond acceptors (Lipinski definition) is 5. The quantitative estimate of drug-likeness (QED) is 0.539. The normalized spacial score (nSPS) is 13.6. The molecule has 3 aromatic rings. The van der Waals surface area contributed by atoms with Gasteiger partial charge in [0.25, 0.3) is 11.8 Å². The highest BCUT2D eigenvalue weighted by molar-refractivity contribution is 6.46. The topological polar surface area (TPSA) is 67.9 Å². The van der Waals surface area contributed by atoms with Crippen molar-refractivity contribution in [3.8, 4) is 11.5 Å². The molecule has 0 unspecified atom stereocenters. The van der Waals surface area contributed by atoms with Crippen LogP contribution in [0.2, 0.25) is 5.02 Å². The average Bonchev–Trinajstić information content (AvgIpc) is 3.04. The van der Waals surface area contributed by atoms with Crippen molar-refractivity contribution >= 4 is 40.4 Å². The number of nitrogens with one attached hydrogen (secondary N) is 1. The molecule has 2 amide bonds. The van der Waals surface area contributed by atoms with Gasteiger partial charge in [-0.2, -0.15) is 0 Å². The van der Waals surface area contributed by atoms with Crippen LogP contribution in [-0.2, 0) is 9.59 Å². The molecule has 1 aliphatic rings. The third-order valence-electron chi connectivity index (χ3n) is 4.95. The minimum absolute atomic E-state index is 0.0325. The Labute approximate surface area is 188 Å². The highest BCUT2D eigenvalue weighted by Gasteiger charge is 2.40. The molecule has 4 rings (SSSR count). The van der Waals surface area contributed by atoms with Crippen molar-refractivity contribution in [2.45, 2.75) is 0 Å². The highest BCUT2D eigenvalue weighted by atomic mass is 35.5. The molecule has 0 saturated heterocycles. The first kappa shape index (κ1) is 21.4. The molecule has 8 heteroatoms. The highest BCUT2D eigenvalue weighted by Crippen LogP contribution is 2.37. The number of benzene rings is 3. The summed E-state index contributed by atoms with van der Waals surface area (Å²) in [4.78, 5) is 27.8. The van der Waals surface area contributed by atoms with Gasteiger partial charge >= 0.3 is 0 Å². The number of ether oxygens (including phenoxy) is 2. The third kappa shape index (κ3) is 3.90. The summed E-state index contributed by atoms with van der Waals surface area (Å²) in [5, 5.41) is 3.41. The molecule has 0 bridgehead atoms. The summed E-state index contributed by atoms with van der Waals surface area (Å²) in [5.41, 5.74) is 1.31. The number of rotatable bonds is 6. The summed E-state index contributed by atoms with van der Waals surface area (Å²) in [6.45, 7) is 0. The van der Waals surface area contributed by atoms with Gasteiger partial charge in [-0.15, -0.1) is 0 Å². The van der Waals surface area contributed by atoms with Crippen molar-refractivity contribution in [3.05, 3.63) is 88.8 Å². The molecule has 1 N–H and O–H groups in total. The Morgan fingerprint density at radius 1 is 0.906 bits per heavy atom. The monoisotopic (exact) mass is 452 g/mol. The van der Waals surface area contributed by atoms with E-state index < -0.39 is 17.6 Å². The van der Waals surface area contributed by atoms with E-state index >= 15 is 0 Å². The molecule has 0 aliphatic carbocycles. The van der Waals surface area contributed by atoms with Crippen LogP contribution >= 0.6 is 11.6 Å². The Morgan fingerprint density at radius 3 is 2.31 bits per heavy atom. The van der Waals surface area contributed by atoms with E-state index in [0.717, 1.165) is 4.90 Å². The number of imide groups is 1. The van der Waals surface area contributed by atoms with Crippen molar-refractivity contribution in [1.29, 1.82) is 0 Å². The van der Waals surface area contributed by atoms with Crippen LogP contribution in [-0.4, -0.2) is 26.0 Å². The van der Waals surface area contributed by atoms with Crippen molar-refractivity contribution in [2.24, 2.45) is 0 Å². The number of carbonyl (C=O) groups is 2. The summed E-state index contributed by atoms with van der Waals surface area (Å²) in [7, 11) is 3.01. The maximum absolute atomic E-state index is 13.5. The maximum Gasteiger partial charge on any atom is 0.282 e. The number of methoxy groups -OCH3 is 2. The fraction of sp³-hybridized carbons (Fsp3) is 0.0833. The zero-order valence-electron chi connectivity index (χ0n) is 17.2. The van der Waals surface area contributed by atoms with Crippen LogP contribution in [0.5, 0.6) is 11.5 Å². The first-order valence-corrected chi connectivity index (χ1v) is 9.94. The molecule has 0 spiro atoms. The van der Waals surface area contributed by atoms with Crippen molar-refractivity contribution in [2.75, 3.05) is 24.4 Å². The molecule has 1 heterocycles. The summed E-state index contributed by atoms with van der Waals surface area (Å²) >= 11 is 6.08. The van der Waals surface area contributed by atoms with Gasteiger partial charge in [0.2, 0.25) is 0 Å². The predicted molar refractivity (Wildman–Crippen MR) is 120 cm³/mol. The van der Waals surface area contributed by atoms with Gasteiger partial charge in [0.1, 0.15) is 23.0 Å². The van der Waals surface area contributed by atoms with Gasteiger partial charge in [0, 0.05) is 11.1 Å². The smallest absolute Gasteiger partial charge is 0.282 e. The largest absolute Gasteiger partial charge is 0.497 e. The Balaban J connectivity index is 1.84. The number of halogens is 2. The van der Waals surface area contributed by atoms with E-state index in [9.17, 15) is 14.0 Å². The molecule has 6 nitrogen and oxygen atoms in total. The lowest BCUT2D eigenvalue weighted by atomic mass is 10.0. The lowest BCUT2D eigenvalue weighted by molar-refractivity contribution is -0.120. The van der Waals surface area contributed by atoms with Gasteiger partial charge in [-0.25, -0.2) is 9.29 Å². The van der Waals surface area contributed by atoms with Crippen LogP contribution < -0.4 is 19.7 Å². The van der Waals surface area contributed by atoms with Crippen LogP contribution in [0.3, 0.4) is 0 Å². The number of carbonyl (C=O) groups excluding carboxylic acids is 2. The van der Waals surface area contributed by atoms with E-state index in [4.69, 9.17) is 21.1 Å². The Bertz CT molecular complexity index is 1240. The van der Waals surface area contributed by atoms with Gasteiger partial charge < -0.3 is 14.8 Å². The second-order valence-electron chi connectivity index (χ2n) is 6.87. The zero-order valence-corrected chi connectivity index (χ0v) is 17.9. The van der Waals surface area contributed by atoms with E-state index in [-0.39, 0.29) is 11.3 Å². The fourth-order valence-electron chi connectivity index (χ4n) is 3.42. The van der Waals surface area contributed by atoms with E-state index in [1.807, 2.05) is 0 Å². The molecule has 0 fully saturated rings. The predicted octanol–water partition coefficient (Wildman–Crippen LogP) is 4.89. The number of hydrogen-bond donors (Lipinski definition) is 1. The van der Waals surface area contributed by atoms with E-state index in [1.54, 1.807) is 36.4 Å². The second kappa shape index (κ2) is 8.72. The third-order valence-corrected chi connectivity index (χ3v) is 5.19. The molecular weight excluding hydrogens is 435 g/mol. The molecule has 162 valence electrons. The summed E-state index contributed by atoms with van der Waals surface area (Å²) in [6.07, 6.45) is 0. The van der Waals surface area contributed by atoms with E-state index in [0.29, 0.717) is 33.5 Å². The minimum Gasteiger partial charge on any atom is -0.497 e. The van der Waals surface area contributed by atoms with Crippen LogP contribution in [0.25, 0.3) is 5.57 Å². The SMILES string of the molecule is COc1ccc(NC2=C(c3ccc(F)cc3)C(=O)N(c3cccc(Cl)c3)C2=O)c(OC)c1. The second-order valence-corrected chi connectivity index (χ2v) is 7.31. The number of anilines is 2. The van der Waals surface area contributed by atoms with Crippen molar-refractivity contribution in [3.63, 3.8) is 0 Å². The van der Waals surface area contributed by atoms with Gasteiger partial charge in [0.05, 0.1) is 31.2 Å². The Kier molecular flexibility index (Phi) is 5.83.